The minimum absolute atomic E-state index is 0.132. The number of hydrogen-bond acceptors (Lipinski definition) is 3. The number of hydrogen-bond donors (Lipinski definition) is 1. The van der Waals surface area contributed by atoms with Gasteiger partial charge in [0.1, 0.15) is 6.10 Å². The zero-order valence-electron chi connectivity index (χ0n) is 6.16. The van der Waals surface area contributed by atoms with Gasteiger partial charge in [0.2, 0.25) is 5.91 Å². The minimum atomic E-state index is -0.541. The van der Waals surface area contributed by atoms with Gasteiger partial charge in [0, 0.05) is 6.92 Å². The highest BCUT2D eigenvalue weighted by atomic mass is 16.6. The van der Waals surface area contributed by atoms with Gasteiger partial charge < -0.3 is 10.1 Å². The van der Waals surface area contributed by atoms with E-state index in [0.717, 1.165) is 0 Å². The largest absolute Gasteiger partial charge is 0.441 e. The van der Waals surface area contributed by atoms with Crippen molar-refractivity contribution in [2.75, 3.05) is 13.1 Å². The first-order valence-electron chi connectivity index (χ1n) is 3.31. The van der Waals surface area contributed by atoms with E-state index >= 15 is 0 Å². The highest BCUT2D eigenvalue weighted by molar-refractivity contribution is 5.73. The number of nitrogens with one attached hydrogen (secondary N) is 1. The van der Waals surface area contributed by atoms with Crippen LogP contribution in [0.3, 0.4) is 0 Å². The number of amides is 2. The lowest BCUT2D eigenvalue weighted by Gasteiger charge is -2.06. The molecule has 1 atom stereocenters. The van der Waals surface area contributed by atoms with Gasteiger partial charge in [0.25, 0.3) is 0 Å². The molecule has 1 heterocycles. The Morgan fingerprint density at radius 3 is 3.09 bits per heavy atom. The van der Waals surface area contributed by atoms with Crippen LogP contribution < -0.4 is 10.6 Å². The van der Waals surface area contributed by atoms with Crippen LogP contribution in [0, 0.1) is 0 Å². The minimum Gasteiger partial charge on any atom is -0.441 e. The van der Waals surface area contributed by atoms with Crippen LogP contribution in [-0.2, 0) is 9.53 Å². The van der Waals surface area contributed by atoms with Gasteiger partial charge in [-0.25, -0.2) is 10.1 Å². The first kappa shape index (κ1) is 7.84. The van der Waals surface area contributed by atoms with Crippen LogP contribution in [0.1, 0.15) is 6.92 Å². The molecular weight excluding hydrogens is 148 g/mol. The van der Waals surface area contributed by atoms with Crippen LogP contribution in [-0.4, -0.2) is 31.2 Å². The molecule has 1 rings (SSSR count). The molecule has 0 saturated carbocycles. The van der Waals surface area contributed by atoms with Crippen molar-refractivity contribution in [2.45, 2.75) is 13.0 Å². The second-order valence-electron chi connectivity index (χ2n) is 2.28. The van der Waals surface area contributed by atoms with Crippen molar-refractivity contribution in [2.24, 2.45) is 0 Å². The van der Waals surface area contributed by atoms with Gasteiger partial charge in [-0.2, -0.15) is 0 Å². The van der Waals surface area contributed by atoms with Crippen LogP contribution in [0.2, 0.25) is 0 Å². The molecule has 1 N–H and O–H groups in total. The van der Waals surface area contributed by atoms with Crippen LogP contribution in [0.15, 0.2) is 0 Å². The number of carbonyl (C=O) groups is 2. The molecule has 5 nitrogen and oxygen atoms in total. The summed E-state index contributed by atoms with van der Waals surface area (Å²) in [4.78, 5) is 20.8. The zero-order valence-corrected chi connectivity index (χ0v) is 6.16. The summed E-state index contributed by atoms with van der Waals surface area (Å²) in [5, 5.41) is 6.01. The topological polar surface area (TPSA) is 69.5 Å². The molecule has 1 saturated heterocycles. The van der Waals surface area contributed by atoms with Crippen molar-refractivity contribution in [1.29, 1.82) is 0 Å². The van der Waals surface area contributed by atoms with E-state index in [1.54, 1.807) is 0 Å². The van der Waals surface area contributed by atoms with Gasteiger partial charge in [-0.1, -0.05) is 0 Å². The summed E-state index contributed by atoms with van der Waals surface area (Å²) >= 11 is 0. The summed E-state index contributed by atoms with van der Waals surface area (Å²) in [7, 11) is 0. The molecule has 5 heteroatoms. The fourth-order valence-electron chi connectivity index (χ4n) is 0.757. The normalized spacial score (nSPS) is 22.3. The summed E-state index contributed by atoms with van der Waals surface area (Å²) < 4.78 is 4.69. The Kier molecular flexibility index (Phi) is 2.30. The Bertz CT molecular complexity index is 181. The molecule has 1 aliphatic heterocycles. The highest BCUT2D eigenvalue weighted by Gasteiger charge is 2.23. The van der Waals surface area contributed by atoms with Gasteiger partial charge in [-0.05, 0) is 0 Å². The Hall–Kier alpha value is -1.26. The summed E-state index contributed by atoms with van der Waals surface area (Å²) in [6.07, 6.45) is -0.813. The predicted molar refractivity (Wildman–Crippen MR) is 36.0 cm³/mol. The van der Waals surface area contributed by atoms with Crippen LogP contribution in [0.25, 0.3) is 0 Å². The average Bonchev–Trinajstić information content (AvgIpc) is 2.31. The molecule has 1 aliphatic rings. The highest BCUT2D eigenvalue weighted by Crippen LogP contribution is 1.99. The van der Waals surface area contributed by atoms with Crippen molar-refractivity contribution in [1.82, 2.24) is 10.6 Å². The molecule has 0 aromatic rings. The molecule has 1 unspecified atom stereocenters. The average molecular weight is 157 g/mol. The lowest BCUT2D eigenvalue weighted by Crippen LogP contribution is -2.31. The summed E-state index contributed by atoms with van der Waals surface area (Å²) in [6.45, 7) is 2.11. The Morgan fingerprint density at radius 2 is 2.64 bits per heavy atom. The van der Waals surface area contributed by atoms with Crippen molar-refractivity contribution >= 4 is 12.0 Å². The van der Waals surface area contributed by atoms with Gasteiger partial charge >= 0.3 is 6.09 Å². The van der Waals surface area contributed by atoms with Crippen LogP contribution >= 0.6 is 0 Å². The molecule has 0 spiro atoms. The molecular formula is C6H9N2O3. The van der Waals surface area contributed by atoms with E-state index < -0.39 is 6.09 Å². The van der Waals surface area contributed by atoms with Crippen molar-refractivity contribution in [3.63, 3.8) is 0 Å². The van der Waals surface area contributed by atoms with E-state index in [1.165, 1.54) is 6.92 Å². The van der Waals surface area contributed by atoms with E-state index in [-0.39, 0.29) is 12.0 Å². The smallest absolute Gasteiger partial charge is 0.429 e. The summed E-state index contributed by atoms with van der Waals surface area (Å²) in [6, 6.07) is 0. The number of carbonyl (C=O) groups excluding carboxylic acids is 2. The molecule has 0 bridgehead atoms. The molecule has 11 heavy (non-hydrogen) atoms. The monoisotopic (exact) mass is 157 g/mol. The lowest BCUT2D eigenvalue weighted by molar-refractivity contribution is -0.119. The Balaban J connectivity index is 2.18. The Morgan fingerprint density at radius 1 is 1.91 bits per heavy atom. The van der Waals surface area contributed by atoms with E-state index in [0.29, 0.717) is 13.1 Å². The molecule has 0 aromatic carbocycles. The molecule has 0 aliphatic carbocycles. The maximum absolute atomic E-state index is 10.4. The van der Waals surface area contributed by atoms with E-state index in [1.807, 2.05) is 0 Å². The molecule has 0 aromatic heterocycles. The number of nitrogens with zero attached hydrogens (tertiary/aromatic N) is 1. The second kappa shape index (κ2) is 3.23. The molecule has 1 fully saturated rings. The van der Waals surface area contributed by atoms with Gasteiger partial charge in [0.05, 0.1) is 13.1 Å². The van der Waals surface area contributed by atoms with Crippen molar-refractivity contribution < 1.29 is 14.3 Å². The van der Waals surface area contributed by atoms with E-state index in [2.05, 4.69) is 10.6 Å². The molecule has 1 radical (unpaired) electrons. The fourth-order valence-corrected chi connectivity index (χ4v) is 0.757. The van der Waals surface area contributed by atoms with E-state index in [9.17, 15) is 9.59 Å². The first-order valence-corrected chi connectivity index (χ1v) is 3.31. The zero-order chi connectivity index (χ0) is 8.27. The lowest BCUT2D eigenvalue weighted by atomic mass is 10.3. The molecule has 2 amide bonds. The third-order valence-corrected chi connectivity index (χ3v) is 1.27. The number of ether oxygens (including phenoxy) is 1. The number of cyclic esters (lactones) is 1. The maximum atomic E-state index is 10.4. The van der Waals surface area contributed by atoms with Crippen molar-refractivity contribution in [3.8, 4) is 0 Å². The van der Waals surface area contributed by atoms with Gasteiger partial charge in [-0.3, -0.25) is 4.79 Å². The first-order chi connectivity index (χ1) is 5.18. The SMILES string of the molecule is CC(=O)NCC1C[N]C(=O)O1. The van der Waals surface area contributed by atoms with Crippen LogP contribution in [0.4, 0.5) is 4.79 Å². The van der Waals surface area contributed by atoms with Gasteiger partial charge in [-0.15, -0.1) is 0 Å². The second-order valence-corrected chi connectivity index (χ2v) is 2.28. The van der Waals surface area contributed by atoms with Crippen LogP contribution in [0.5, 0.6) is 0 Å². The van der Waals surface area contributed by atoms with E-state index in [4.69, 9.17) is 4.74 Å². The standard InChI is InChI=1S/C6H9N2O3/c1-4(9)7-2-5-3-8-6(10)11-5/h5H,2-3H2,1H3,(H,7,9). The van der Waals surface area contributed by atoms with Gasteiger partial charge in [0.15, 0.2) is 0 Å². The summed E-state index contributed by atoms with van der Waals surface area (Å²) in [5.74, 6) is -0.132. The number of rotatable bonds is 2. The fraction of sp³-hybridized carbons (Fsp3) is 0.667. The summed E-state index contributed by atoms with van der Waals surface area (Å²) in [5.41, 5.74) is 0. The molecule has 61 valence electrons. The third-order valence-electron chi connectivity index (χ3n) is 1.27. The quantitative estimate of drug-likeness (QED) is 0.573. The third kappa shape index (κ3) is 2.45. The predicted octanol–water partition coefficient (Wildman–Crippen LogP) is -0.754. The Labute approximate surface area is 64.1 Å². The van der Waals surface area contributed by atoms with Crippen molar-refractivity contribution in [3.05, 3.63) is 0 Å². The maximum Gasteiger partial charge on any atom is 0.429 e.